The van der Waals surface area contributed by atoms with Crippen molar-refractivity contribution in [3.8, 4) is 5.75 Å². The van der Waals surface area contributed by atoms with Gasteiger partial charge in [0.2, 0.25) is 10.0 Å². The fourth-order valence-corrected chi connectivity index (χ4v) is 4.56. The highest BCUT2D eigenvalue weighted by Gasteiger charge is 2.27. The van der Waals surface area contributed by atoms with E-state index in [4.69, 9.17) is 9.47 Å². The molecule has 0 bridgehead atoms. The van der Waals surface area contributed by atoms with E-state index in [0.29, 0.717) is 5.69 Å². The van der Waals surface area contributed by atoms with Crippen LogP contribution in [0.5, 0.6) is 5.75 Å². The van der Waals surface area contributed by atoms with Crippen LogP contribution in [0.3, 0.4) is 0 Å². The summed E-state index contributed by atoms with van der Waals surface area (Å²) in [4.78, 5) is 24.9. The Morgan fingerprint density at radius 1 is 1.03 bits per heavy atom. The van der Waals surface area contributed by atoms with E-state index in [1.807, 2.05) is 26.0 Å². The lowest BCUT2D eigenvalue weighted by molar-refractivity contribution is -0.123. The number of anilines is 1. The smallest absolute Gasteiger partial charge is 0.338 e. The van der Waals surface area contributed by atoms with Crippen molar-refractivity contribution in [3.63, 3.8) is 0 Å². The van der Waals surface area contributed by atoms with Crippen LogP contribution in [0.4, 0.5) is 5.69 Å². The summed E-state index contributed by atoms with van der Waals surface area (Å²) in [6.07, 6.45) is -1.10. The summed E-state index contributed by atoms with van der Waals surface area (Å²) >= 11 is 0. The van der Waals surface area contributed by atoms with Gasteiger partial charge >= 0.3 is 5.97 Å². The number of nitrogens with one attached hydrogen (secondary N) is 2. The van der Waals surface area contributed by atoms with Gasteiger partial charge < -0.3 is 14.8 Å². The largest absolute Gasteiger partial charge is 0.495 e. The van der Waals surface area contributed by atoms with E-state index in [1.165, 1.54) is 32.2 Å². The maximum atomic E-state index is 12.8. The molecule has 0 saturated carbocycles. The topological polar surface area (TPSA) is 111 Å². The molecule has 1 unspecified atom stereocenters. The van der Waals surface area contributed by atoms with Crippen LogP contribution in [-0.4, -0.2) is 39.0 Å². The number of benzene rings is 2. The molecule has 0 aromatic heterocycles. The average Bonchev–Trinajstić information content (AvgIpc) is 2.67. The lowest BCUT2D eigenvalue weighted by Gasteiger charge is -2.21. The Morgan fingerprint density at radius 3 is 2.25 bits per heavy atom. The summed E-state index contributed by atoms with van der Waals surface area (Å²) in [5, 5.41) is 2.73. The minimum Gasteiger partial charge on any atom is -0.495 e. The van der Waals surface area contributed by atoms with Crippen LogP contribution in [0.2, 0.25) is 0 Å². The van der Waals surface area contributed by atoms with Gasteiger partial charge in [-0.15, -0.1) is 0 Å². The molecule has 2 aromatic carbocycles. The standard InChI is InChI=1S/C23H30N2O6S/c1-14-8-10-18(15(2)12-14)24-21(26)16(3)31-22(27)17-9-11-19(30-7)20(13-17)32(28,29)25-23(4,5)6/h8-13,16,25H,1-7H3,(H,24,26). The minimum atomic E-state index is -3.97. The number of carbonyl (C=O) groups is 2. The zero-order valence-corrected chi connectivity index (χ0v) is 20.2. The average molecular weight is 463 g/mol. The zero-order chi connectivity index (χ0) is 24.3. The summed E-state index contributed by atoms with van der Waals surface area (Å²) in [7, 11) is -2.64. The van der Waals surface area contributed by atoms with E-state index in [0.717, 1.165) is 11.1 Å². The highest BCUT2D eigenvalue weighted by Crippen LogP contribution is 2.26. The molecular formula is C23H30N2O6S. The van der Waals surface area contributed by atoms with Crippen molar-refractivity contribution in [3.05, 3.63) is 53.1 Å². The Morgan fingerprint density at radius 2 is 1.69 bits per heavy atom. The molecule has 2 N–H and O–H groups in total. The molecule has 0 spiro atoms. The van der Waals surface area contributed by atoms with Gasteiger partial charge in [-0.3, -0.25) is 4.79 Å². The third-order valence-corrected chi connectivity index (χ3v) is 6.20. The van der Waals surface area contributed by atoms with Crippen LogP contribution in [0.1, 0.15) is 49.2 Å². The summed E-state index contributed by atoms with van der Waals surface area (Å²) in [5.74, 6) is -1.25. The maximum absolute atomic E-state index is 12.8. The van der Waals surface area contributed by atoms with Crippen LogP contribution in [-0.2, 0) is 19.6 Å². The first-order valence-electron chi connectivity index (χ1n) is 10.0. The van der Waals surface area contributed by atoms with E-state index < -0.39 is 33.5 Å². The summed E-state index contributed by atoms with van der Waals surface area (Å²) in [5.41, 5.74) is 1.81. The fourth-order valence-electron chi connectivity index (χ4n) is 2.94. The molecule has 2 rings (SSSR count). The quantitative estimate of drug-likeness (QED) is 0.609. The number of hydrogen-bond acceptors (Lipinski definition) is 6. The molecule has 0 aliphatic carbocycles. The van der Waals surface area contributed by atoms with Crippen molar-refractivity contribution in [2.24, 2.45) is 0 Å². The number of sulfonamides is 1. The van der Waals surface area contributed by atoms with E-state index in [2.05, 4.69) is 10.0 Å². The van der Waals surface area contributed by atoms with E-state index in [1.54, 1.807) is 26.8 Å². The van der Waals surface area contributed by atoms with E-state index in [9.17, 15) is 18.0 Å². The fraction of sp³-hybridized carbons (Fsp3) is 0.391. The van der Waals surface area contributed by atoms with Gasteiger partial charge in [-0.25, -0.2) is 17.9 Å². The number of amides is 1. The Kier molecular flexibility index (Phi) is 7.69. The van der Waals surface area contributed by atoms with E-state index in [-0.39, 0.29) is 16.2 Å². The first-order valence-corrected chi connectivity index (χ1v) is 11.5. The highest BCUT2D eigenvalue weighted by atomic mass is 32.2. The van der Waals surface area contributed by atoms with Crippen molar-refractivity contribution in [1.82, 2.24) is 4.72 Å². The lowest BCUT2D eigenvalue weighted by Crippen LogP contribution is -2.40. The molecule has 174 valence electrons. The van der Waals surface area contributed by atoms with Crippen LogP contribution in [0, 0.1) is 13.8 Å². The van der Waals surface area contributed by atoms with Crippen molar-refractivity contribution in [2.45, 2.75) is 58.1 Å². The second kappa shape index (κ2) is 9.70. The molecule has 2 aromatic rings. The Bertz CT molecular complexity index is 1120. The summed E-state index contributed by atoms with van der Waals surface area (Å²) in [6.45, 7) is 10.4. The Hall–Kier alpha value is -2.91. The van der Waals surface area contributed by atoms with Gasteiger partial charge in [0, 0.05) is 11.2 Å². The summed E-state index contributed by atoms with van der Waals surface area (Å²) in [6, 6.07) is 9.49. The molecule has 0 aliphatic heterocycles. The Labute approximate surface area is 189 Å². The van der Waals surface area contributed by atoms with Crippen LogP contribution < -0.4 is 14.8 Å². The molecular weight excluding hydrogens is 432 g/mol. The van der Waals surface area contributed by atoms with Gasteiger partial charge in [-0.2, -0.15) is 0 Å². The predicted molar refractivity (Wildman–Crippen MR) is 122 cm³/mol. The maximum Gasteiger partial charge on any atom is 0.338 e. The van der Waals surface area contributed by atoms with Crippen molar-refractivity contribution in [1.29, 1.82) is 0 Å². The molecule has 0 saturated heterocycles. The molecule has 1 amide bonds. The lowest BCUT2D eigenvalue weighted by atomic mass is 10.1. The van der Waals surface area contributed by atoms with Gasteiger partial charge in [0.15, 0.2) is 6.10 Å². The SMILES string of the molecule is COc1ccc(C(=O)OC(C)C(=O)Nc2ccc(C)cc2C)cc1S(=O)(=O)NC(C)(C)C. The number of aryl methyl sites for hydroxylation is 2. The van der Waals surface area contributed by atoms with Gasteiger partial charge in [-0.1, -0.05) is 17.7 Å². The van der Waals surface area contributed by atoms with Crippen LogP contribution in [0.15, 0.2) is 41.3 Å². The number of esters is 1. The van der Waals surface area contributed by atoms with Gasteiger partial charge in [0.05, 0.1) is 12.7 Å². The number of hydrogen-bond donors (Lipinski definition) is 2. The van der Waals surface area contributed by atoms with Gasteiger partial charge in [0.25, 0.3) is 5.91 Å². The molecule has 1 atom stereocenters. The molecule has 9 heteroatoms. The normalized spacial score (nSPS) is 12.7. The molecule has 0 aliphatic rings. The highest BCUT2D eigenvalue weighted by molar-refractivity contribution is 7.89. The number of ether oxygens (including phenoxy) is 2. The second-order valence-corrected chi connectivity index (χ2v) is 10.2. The summed E-state index contributed by atoms with van der Waals surface area (Å²) < 4.78 is 38.5. The van der Waals surface area contributed by atoms with Crippen LogP contribution in [0.25, 0.3) is 0 Å². The third kappa shape index (κ3) is 6.54. The van der Waals surface area contributed by atoms with Crippen molar-refractivity contribution >= 4 is 27.6 Å². The monoisotopic (exact) mass is 462 g/mol. The third-order valence-electron chi connectivity index (χ3n) is 4.42. The first kappa shape index (κ1) is 25.4. The zero-order valence-electron chi connectivity index (χ0n) is 19.4. The molecule has 32 heavy (non-hydrogen) atoms. The molecule has 8 nitrogen and oxygen atoms in total. The van der Waals surface area contributed by atoms with Crippen LogP contribution >= 0.6 is 0 Å². The van der Waals surface area contributed by atoms with E-state index >= 15 is 0 Å². The second-order valence-electron chi connectivity index (χ2n) is 8.58. The number of rotatable bonds is 7. The molecule has 0 radical (unpaired) electrons. The number of methoxy groups -OCH3 is 1. The predicted octanol–water partition coefficient (Wildman–Crippen LogP) is 3.57. The van der Waals surface area contributed by atoms with Crippen molar-refractivity contribution in [2.75, 3.05) is 12.4 Å². The van der Waals surface area contributed by atoms with Crippen molar-refractivity contribution < 1.29 is 27.5 Å². The Balaban J connectivity index is 2.21. The molecule has 0 heterocycles. The molecule has 0 fully saturated rings. The van der Waals surface area contributed by atoms with Gasteiger partial charge in [-0.05, 0) is 71.4 Å². The van der Waals surface area contributed by atoms with Gasteiger partial charge in [0.1, 0.15) is 10.6 Å². The number of carbonyl (C=O) groups excluding carboxylic acids is 2. The minimum absolute atomic E-state index is 0.0220. The first-order chi connectivity index (χ1) is 14.7.